The lowest BCUT2D eigenvalue weighted by Crippen LogP contribution is -2.46. The van der Waals surface area contributed by atoms with Crippen molar-refractivity contribution in [3.8, 4) is 0 Å². The van der Waals surface area contributed by atoms with Gasteiger partial charge in [-0.15, -0.1) is 0 Å². The first kappa shape index (κ1) is 16.7. The maximum absolute atomic E-state index is 12.4. The summed E-state index contributed by atoms with van der Waals surface area (Å²) in [4.78, 5) is 39.7. The number of hydrogen-bond donors (Lipinski definition) is 0. The van der Waals surface area contributed by atoms with Gasteiger partial charge in [-0.1, -0.05) is 29.8 Å². The topological polar surface area (TPSA) is 66.9 Å². The molecule has 24 heavy (non-hydrogen) atoms. The van der Waals surface area contributed by atoms with Gasteiger partial charge >= 0.3 is 0 Å². The van der Waals surface area contributed by atoms with Crippen molar-refractivity contribution in [2.75, 3.05) is 32.8 Å². The van der Waals surface area contributed by atoms with Crippen molar-refractivity contribution in [1.29, 1.82) is 0 Å². The van der Waals surface area contributed by atoms with Crippen LogP contribution in [-0.4, -0.2) is 59.7 Å². The summed E-state index contributed by atoms with van der Waals surface area (Å²) >= 11 is 0.873. The lowest BCUT2D eigenvalue weighted by atomic mass is 10.1. The van der Waals surface area contributed by atoms with Crippen LogP contribution in [-0.2, 0) is 14.3 Å². The monoisotopic (exact) mass is 346 g/mol. The first-order valence-corrected chi connectivity index (χ1v) is 8.54. The van der Waals surface area contributed by atoms with Crippen molar-refractivity contribution in [1.82, 2.24) is 9.80 Å². The molecule has 0 aromatic heterocycles. The number of hydrogen-bond acceptors (Lipinski definition) is 5. The van der Waals surface area contributed by atoms with Crippen molar-refractivity contribution in [2.24, 2.45) is 0 Å². The smallest absolute Gasteiger partial charge is 0.294 e. The Labute approximate surface area is 144 Å². The van der Waals surface area contributed by atoms with Gasteiger partial charge in [0.15, 0.2) is 0 Å². The van der Waals surface area contributed by atoms with Gasteiger partial charge in [0.1, 0.15) is 6.54 Å². The Morgan fingerprint density at radius 1 is 1.21 bits per heavy atom. The minimum absolute atomic E-state index is 0.212. The van der Waals surface area contributed by atoms with Gasteiger partial charge in [-0.25, -0.2) is 0 Å². The molecule has 0 saturated carbocycles. The fourth-order valence-corrected chi connectivity index (χ4v) is 3.34. The SMILES string of the molecule is Cc1ccc(/C=C2/SC(=O)N(CC(=O)N3CCOCC3)C2=O)cc1. The highest BCUT2D eigenvalue weighted by molar-refractivity contribution is 8.18. The Hall–Kier alpha value is -2.12. The van der Waals surface area contributed by atoms with E-state index in [1.807, 2.05) is 31.2 Å². The van der Waals surface area contributed by atoms with E-state index in [4.69, 9.17) is 4.74 Å². The lowest BCUT2D eigenvalue weighted by molar-refractivity contribution is -0.139. The third-order valence-electron chi connectivity index (χ3n) is 3.91. The lowest BCUT2D eigenvalue weighted by Gasteiger charge is -2.28. The van der Waals surface area contributed by atoms with Gasteiger partial charge in [0.25, 0.3) is 11.1 Å². The van der Waals surface area contributed by atoms with E-state index < -0.39 is 11.1 Å². The fraction of sp³-hybridized carbons (Fsp3) is 0.353. The average molecular weight is 346 g/mol. The van der Waals surface area contributed by atoms with Crippen LogP contribution in [0.4, 0.5) is 4.79 Å². The van der Waals surface area contributed by atoms with Crippen LogP contribution < -0.4 is 0 Å². The Balaban J connectivity index is 1.69. The third-order valence-corrected chi connectivity index (χ3v) is 4.81. The molecular weight excluding hydrogens is 328 g/mol. The van der Waals surface area contributed by atoms with Crippen molar-refractivity contribution in [2.45, 2.75) is 6.92 Å². The summed E-state index contributed by atoms with van der Waals surface area (Å²) < 4.78 is 5.20. The van der Waals surface area contributed by atoms with Crippen LogP contribution in [0.1, 0.15) is 11.1 Å². The van der Waals surface area contributed by atoms with Gasteiger partial charge in [0.05, 0.1) is 18.1 Å². The van der Waals surface area contributed by atoms with E-state index in [0.29, 0.717) is 31.2 Å². The van der Waals surface area contributed by atoms with E-state index in [1.54, 1.807) is 11.0 Å². The first-order chi connectivity index (χ1) is 11.5. The van der Waals surface area contributed by atoms with Crippen molar-refractivity contribution in [3.63, 3.8) is 0 Å². The summed E-state index contributed by atoms with van der Waals surface area (Å²) in [6.45, 7) is 3.73. The highest BCUT2D eigenvalue weighted by Crippen LogP contribution is 2.32. The van der Waals surface area contributed by atoms with Gasteiger partial charge < -0.3 is 9.64 Å². The normalized spacial score (nSPS) is 20.1. The molecule has 0 spiro atoms. The molecule has 1 aromatic rings. The molecule has 0 unspecified atom stereocenters. The molecule has 2 saturated heterocycles. The quantitative estimate of drug-likeness (QED) is 0.782. The minimum atomic E-state index is -0.410. The first-order valence-electron chi connectivity index (χ1n) is 7.72. The van der Waals surface area contributed by atoms with Gasteiger partial charge in [-0.2, -0.15) is 0 Å². The summed E-state index contributed by atoms with van der Waals surface area (Å²) in [5.41, 5.74) is 1.97. The predicted molar refractivity (Wildman–Crippen MR) is 91.3 cm³/mol. The van der Waals surface area contributed by atoms with E-state index >= 15 is 0 Å². The van der Waals surface area contributed by atoms with Crippen LogP contribution in [0.15, 0.2) is 29.2 Å². The van der Waals surface area contributed by atoms with Gasteiger partial charge in [-0.3, -0.25) is 19.3 Å². The predicted octanol–water partition coefficient (Wildman–Crippen LogP) is 1.89. The van der Waals surface area contributed by atoms with E-state index in [0.717, 1.165) is 27.8 Å². The van der Waals surface area contributed by atoms with E-state index in [-0.39, 0.29) is 12.5 Å². The molecule has 3 rings (SSSR count). The van der Waals surface area contributed by atoms with Crippen molar-refractivity contribution < 1.29 is 19.1 Å². The number of morpholine rings is 1. The molecule has 126 valence electrons. The number of thioether (sulfide) groups is 1. The van der Waals surface area contributed by atoms with E-state index in [1.165, 1.54) is 0 Å². The molecule has 1 aromatic carbocycles. The van der Waals surface area contributed by atoms with Crippen LogP contribution in [0.5, 0.6) is 0 Å². The van der Waals surface area contributed by atoms with Crippen molar-refractivity contribution in [3.05, 3.63) is 40.3 Å². The Morgan fingerprint density at radius 3 is 2.54 bits per heavy atom. The molecule has 3 amide bonds. The summed E-state index contributed by atoms with van der Waals surface area (Å²) in [7, 11) is 0. The van der Waals surface area contributed by atoms with Crippen LogP contribution in [0.3, 0.4) is 0 Å². The molecule has 0 bridgehead atoms. The second-order valence-electron chi connectivity index (χ2n) is 5.67. The summed E-state index contributed by atoms with van der Waals surface area (Å²) in [6, 6.07) is 7.67. The maximum Gasteiger partial charge on any atom is 0.294 e. The summed E-state index contributed by atoms with van der Waals surface area (Å²) in [5.74, 6) is -0.635. The second-order valence-corrected chi connectivity index (χ2v) is 6.66. The molecule has 2 heterocycles. The van der Waals surface area contributed by atoms with Gasteiger partial charge in [0, 0.05) is 13.1 Å². The third kappa shape index (κ3) is 3.68. The van der Waals surface area contributed by atoms with E-state index in [9.17, 15) is 14.4 Å². The van der Waals surface area contributed by atoms with Gasteiger partial charge in [0.2, 0.25) is 5.91 Å². The number of carbonyl (C=O) groups is 3. The number of carbonyl (C=O) groups excluding carboxylic acids is 3. The number of ether oxygens (including phenoxy) is 1. The second kappa shape index (κ2) is 7.19. The highest BCUT2D eigenvalue weighted by atomic mass is 32.2. The molecule has 0 aliphatic carbocycles. The van der Waals surface area contributed by atoms with Crippen LogP contribution in [0, 0.1) is 6.92 Å². The summed E-state index contributed by atoms with van der Waals surface area (Å²) in [6.07, 6.45) is 1.68. The molecule has 6 nitrogen and oxygen atoms in total. The Kier molecular flexibility index (Phi) is 5.01. The molecule has 0 N–H and O–H groups in total. The highest BCUT2D eigenvalue weighted by Gasteiger charge is 2.37. The van der Waals surface area contributed by atoms with Crippen LogP contribution >= 0.6 is 11.8 Å². The van der Waals surface area contributed by atoms with Gasteiger partial charge in [-0.05, 0) is 30.3 Å². The van der Waals surface area contributed by atoms with Crippen LogP contribution in [0.2, 0.25) is 0 Å². The number of nitrogens with zero attached hydrogens (tertiary/aromatic N) is 2. The number of imide groups is 1. The molecule has 2 aliphatic heterocycles. The Bertz CT molecular complexity index is 693. The van der Waals surface area contributed by atoms with Crippen molar-refractivity contribution >= 4 is 34.9 Å². The average Bonchev–Trinajstić information content (AvgIpc) is 2.85. The number of rotatable bonds is 3. The largest absolute Gasteiger partial charge is 0.378 e. The van der Waals surface area contributed by atoms with E-state index in [2.05, 4.69) is 0 Å². The zero-order chi connectivity index (χ0) is 17.1. The van der Waals surface area contributed by atoms with Crippen LogP contribution in [0.25, 0.3) is 6.08 Å². The molecule has 0 atom stereocenters. The number of benzene rings is 1. The number of amides is 3. The molecule has 7 heteroatoms. The zero-order valence-corrected chi connectivity index (χ0v) is 14.2. The minimum Gasteiger partial charge on any atom is -0.378 e. The standard InChI is InChI=1S/C17H18N2O4S/c1-12-2-4-13(5-3-12)10-14-16(21)19(17(22)24-14)11-15(20)18-6-8-23-9-7-18/h2-5,10H,6-9,11H2,1H3/b14-10+. The number of aryl methyl sites for hydroxylation is 1. The maximum atomic E-state index is 12.4. The molecule has 0 radical (unpaired) electrons. The molecule has 2 fully saturated rings. The molecular formula is C17H18N2O4S. The Morgan fingerprint density at radius 2 is 1.88 bits per heavy atom. The zero-order valence-electron chi connectivity index (χ0n) is 13.4. The fourth-order valence-electron chi connectivity index (χ4n) is 2.50. The molecule has 2 aliphatic rings. The summed E-state index contributed by atoms with van der Waals surface area (Å²) in [5, 5.41) is -0.403.